The number of rotatable bonds is 11. The summed E-state index contributed by atoms with van der Waals surface area (Å²) in [6, 6.07) is 17.0. The number of hydrogen-bond acceptors (Lipinski definition) is 4. The summed E-state index contributed by atoms with van der Waals surface area (Å²) in [5.41, 5.74) is 0.623. The molecule has 0 aliphatic rings. The number of unbranched alkanes of at least 4 members (excludes halogenated alkanes) is 1. The summed E-state index contributed by atoms with van der Waals surface area (Å²) < 4.78 is 40.9. The van der Waals surface area contributed by atoms with Gasteiger partial charge in [-0.2, -0.15) is 4.31 Å². The molecule has 0 aliphatic heterocycles. The molecular weight excluding hydrogens is 481 g/mol. The number of nitrogens with zero attached hydrogens (tertiary/aromatic N) is 2. The first-order chi connectivity index (χ1) is 17.1. The number of likely N-dealkylation sites (N-methyl/N-ethyl adjacent to an activating group) is 1. The molecule has 0 aliphatic carbocycles. The Bertz CT molecular complexity index is 1310. The van der Waals surface area contributed by atoms with Crippen molar-refractivity contribution < 1.29 is 22.4 Å². The summed E-state index contributed by atoms with van der Waals surface area (Å²) in [6.45, 7) is 3.66. The molecule has 192 valence electrons. The van der Waals surface area contributed by atoms with Crippen LogP contribution in [-0.2, 0) is 26.2 Å². The van der Waals surface area contributed by atoms with Crippen LogP contribution in [0.5, 0.6) is 0 Å². The fourth-order valence-corrected chi connectivity index (χ4v) is 4.94. The van der Waals surface area contributed by atoms with Crippen LogP contribution >= 0.6 is 0 Å². The van der Waals surface area contributed by atoms with Crippen LogP contribution in [0.2, 0.25) is 0 Å². The number of carbonyl (C=O) groups excluding carboxylic acids is 2. The molecule has 0 spiro atoms. The van der Waals surface area contributed by atoms with Crippen molar-refractivity contribution >= 4 is 32.6 Å². The molecule has 3 rings (SSSR count). The average Bonchev–Trinajstić information content (AvgIpc) is 2.87. The van der Waals surface area contributed by atoms with Gasteiger partial charge in [0.2, 0.25) is 21.8 Å². The molecule has 7 nitrogen and oxygen atoms in total. The summed E-state index contributed by atoms with van der Waals surface area (Å²) in [5.74, 6) is -1.29. The maximum atomic E-state index is 13.4. The van der Waals surface area contributed by atoms with E-state index in [1.54, 1.807) is 19.1 Å². The molecule has 1 atom stereocenters. The van der Waals surface area contributed by atoms with Crippen LogP contribution in [0.4, 0.5) is 4.39 Å². The van der Waals surface area contributed by atoms with Crippen LogP contribution < -0.4 is 5.32 Å². The Morgan fingerprint density at radius 2 is 1.67 bits per heavy atom. The lowest BCUT2D eigenvalue weighted by Gasteiger charge is -2.30. The second-order valence-corrected chi connectivity index (χ2v) is 10.8. The highest BCUT2D eigenvalue weighted by atomic mass is 32.2. The van der Waals surface area contributed by atoms with E-state index in [1.807, 2.05) is 31.2 Å². The normalized spacial score (nSPS) is 12.5. The molecule has 1 N–H and O–H groups in total. The van der Waals surface area contributed by atoms with Crippen molar-refractivity contribution in [2.24, 2.45) is 0 Å². The number of benzene rings is 3. The highest BCUT2D eigenvalue weighted by Crippen LogP contribution is 2.22. The van der Waals surface area contributed by atoms with Crippen molar-refractivity contribution in [2.75, 3.05) is 20.1 Å². The minimum Gasteiger partial charge on any atom is -0.354 e. The van der Waals surface area contributed by atoms with Gasteiger partial charge in [-0.1, -0.05) is 55.8 Å². The predicted octanol–water partition coefficient (Wildman–Crippen LogP) is 3.93. The van der Waals surface area contributed by atoms with E-state index in [4.69, 9.17) is 0 Å². The van der Waals surface area contributed by atoms with E-state index >= 15 is 0 Å². The SMILES string of the molecule is CCCCNC(=O)[C@@H](C)N(Cc1ccc(F)cc1)C(=O)CN(C)S(=O)(=O)c1ccc2ccccc2c1. The number of hydrogen-bond donors (Lipinski definition) is 1. The van der Waals surface area contributed by atoms with Gasteiger partial charge in [-0.3, -0.25) is 9.59 Å². The van der Waals surface area contributed by atoms with Gasteiger partial charge in [0.25, 0.3) is 0 Å². The van der Waals surface area contributed by atoms with Crippen molar-refractivity contribution in [2.45, 2.75) is 44.2 Å². The van der Waals surface area contributed by atoms with E-state index in [1.165, 1.54) is 42.3 Å². The lowest BCUT2D eigenvalue weighted by molar-refractivity contribution is -0.140. The molecular formula is C27H32FN3O4S. The number of carbonyl (C=O) groups is 2. The van der Waals surface area contributed by atoms with Gasteiger partial charge < -0.3 is 10.2 Å². The number of fused-ring (bicyclic) bond motifs is 1. The van der Waals surface area contributed by atoms with Crippen LogP contribution in [0.3, 0.4) is 0 Å². The Balaban J connectivity index is 1.81. The molecule has 0 saturated heterocycles. The first kappa shape index (κ1) is 27.3. The quantitative estimate of drug-likeness (QED) is 0.394. The highest BCUT2D eigenvalue weighted by molar-refractivity contribution is 7.89. The van der Waals surface area contributed by atoms with E-state index in [0.717, 1.165) is 27.9 Å². The minimum absolute atomic E-state index is 0.0331. The molecule has 3 aromatic rings. The molecule has 36 heavy (non-hydrogen) atoms. The van der Waals surface area contributed by atoms with Crippen molar-refractivity contribution in [3.8, 4) is 0 Å². The fourth-order valence-electron chi connectivity index (χ4n) is 3.78. The van der Waals surface area contributed by atoms with Gasteiger partial charge >= 0.3 is 0 Å². The first-order valence-electron chi connectivity index (χ1n) is 11.9. The van der Waals surface area contributed by atoms with Crippen molar-refractivity contribution in [3.63, 3.8) is 0 Å². The summed E-state index contributed by atoms with van der Waals surface area (Å²) in [6.07, 6.45) is 1.71. The second-order valence-electron chi connectivity index (χ2n) is 8.74. The van der Waals surface area contributed by atoms with Crippen molar-refractivity contribution in [1.29, 1.82) is 0 Å². The molecule has 0 radical (unpaired) electrons. The number of halogens is 1. The van der Waals surface area contributed by atoms with Gasteiger partial charge in [0.15, 0.2) is 0 Å². The molecule has 2 amide bonds. The Kier molecular flexibility index (Phi) is 9.17. The first-order valence-corrected chi connectivity index (χ1v) is 13.3. The Labute approximate surface area is 212 Å². The van der Waals surface area contributed by atoms with Gasteiger partial charge in [0.05, 0.1) is 11.4 Å². The van der Waals surface area contributed by atoms with E-state index in [9.17, 15) is 22.4 Å². The summed E-state index contributed by atoms with van der Waals surface area (Å²) in [4.78, 5) is 27.5. The minimum atomic E-state index is -3.97. The lowest BCUT2D eigenvalue weighted by Crippen LogP contribution is -2.50. The van der Waals surface area contributed by atoms with E-state index in [0.29, 0.717) is 12.1 Å². The molecule has 3 aromatic carbocycles. The molecule has 0 bridgehead atoms. The number of amides is 2. The fraction of sp³-hybridized carbons (Fsp3) is 0.333. The molecule has 0 saturated carbocycles. The van der Waals surface area contributed by atoms with Crippen molar-refractivity contribution in [3.05, 3.63) is 78.1 Å². The average molecular weight is 514 g/mol. The molecule has 0 fully saturated rings. The second kappa shape index (κ2) is 12.1. The maximum Gasteiger partial charge on any atom is 0.243 e. The lowest BCUT2D eigenvalue weighted by atomic mass is 10.1. The molecule has 9 heteroatoms. The zero-order chi connectivity index (χ0) is 26.3. The van der Waals surface area contributed by atoms with Gasteiger partial charge in [-0.25, -0.2) is 12.8 Å². The molecule has 0 aromatic heterocycles. The van der Waals surface area contributed by atoms with Gasteiger partial charge in [0, 0.05) is 20.1 Å². The summed E-state index contributed by atoms with van der Waals surface area (Å²) >= 11 is 0. The number of nitrogens with one attached hydrogen (secondary N) is 1. The van der Waals surface area contributed by atoms with Crippen LogP contribution in [0.15, 0.2) is 71.6 Å². The molecule has 0 unspecified atom stereocenters. The van der Waals surface area contributed by atoms with Crippen molar-refractivity contribution in [1.82, 2.24) is 14.5 Å². The topological polar surface area (TPSA) is 86.8 Å². The smallest absolute Gasteiger partial charge is 0.243 e. The maximum absolute atomic E-state index is 13.4. The zero-order valence-electron chi connectivity index (χ0n) is 20.8. The van der Waals surface area contributed by atoms with E-state index in [-0.39, 0.29) is 17.3 Å². The third-order valence-electron chi connectivity index (χ3n) is 6.05. The van der Waals surface area contributed by atoms with Gasteiger partial charge in [-0.15, -0.1) is 0 Å². The highest BCUT2D eigenvalue weighted by Gasteiger charge is 2.30. The van der Waals surface area contributed by atoms with Gasteiger partial charge in [-0.05, 0) is 53.9 Å². The Hall–Kier alpha value is -3.30. The zero-order valence-corrected chi connectivity index (χ0v) is 21.6. The summed E-state index contributed by atoms with van der Waals surface area (Å²) in [5, 5.41) is 4.49. The van der Waals surface area contributed by atoms with E-state index in [2.05, 4.69) is 5.32 Å². The molecule has 0 heterocycles. The third kappa shape index (κ3) is 6.67. The van der Waals surface area contributed by atoms with Crippen LogP contribution in [0.1, 0.15) is 32.3 Å². The number of sulfonamides is 1. The predicted molar refractivity (Wildman–Crippen MR) is 138 cm³/mol. The monoisotopic (exact) mass is 513 g/mol. The van der Waals surface area contributed by atoms with Crippen LogP contribution in [-0.4, -0.2) is 55.6 Å². The van der Waals surface area contributed by atoms with Crippen LogP contribution in [0, 0.1) is 5.82 Å². The standard InChI is InChI=1S/C27H32FN3O4S/c1-4-5-16-29-27(33)20(2)31(18-21-10-13-24(28)14-11-21)26(32)19-30(3)36(34,35)25-15-12-22-8-6-7-9-23(22)17-25/h6-15,17,20H,4-5,16,18-19H2,1-3H3,(H,29,33)/t20-/m1/s1. The summed E-state index contributed by atoms with van der Waals surface area (Å²) in [7, 11) is -2.63. The third-order valence-corrected chi connectivity index (χ3v) is 7.85. The van der Waals surface area contributed by atoms with Crippen LogP contribution in [0.25, 0.3) is 10.8 Å². The van der Waals surface area contributed by atoms with E-state index < -0.39 is 34.3 Å². The Morgan fingerprint density at radius 3 is 2.33 bits per heavy atom. The van der Waals surface area contributed by atoms with Gasteiger partial charge in [0.1, 0.15) is 11.9 Å². The largest absolute Gasteiger partial charge is 0.354 e. The Morgan fingerprint density at radius 1 is 1.00 bits per heavy atom.